The molecule has 1 aromatic carbocycles. The van der Waals surface area contributed by atoms with Crippen LogP contribution < -0.4 is 4.74 Å². The van der Waals surface area contributed by atoms with E-state index in [-0.39, 0.29) is 12.2 Å². The fourth-order valence-electron chi connectivity index (χ4n) is 2.24. The van der Waals surface area contributed by atoms with Crippen LogP contribution in [0.5, 0.6) is 5.75 Å². The quantitative estimate of drug-likeness (QED) is 0.875. The van der Waals surface area contributed by atoms with Crippen LogP contribution in [-0.4, -0.2) is 55.1 Å². The summed E-state index contributed by atoms with van der Waals surface area (Å²) < 4.78 is 11.4. The van der Waals surface area contributed by atoms with Gasteiger partial charge in [0, 0.05) is 19.6 Å². The van der Waals surface area contributed by atoms with Gasteiger partial charge in [-0.2, -0.15) is 0 Å². The van der Waals surface area contributed by atoms with Gasteiger partial charge in [-0.05, 0) is 26.0 Å². The van der Waals surface area contributed by atoms with E-state index < -0.39 is 0 Å². The number of hydrogen-bond acceptors (Lipinski definition) is 4. The monoisotopic (exact) mass is 265 g/mol. The van der Waals surface area contributed by atoms with Crippen LogP contribution in [0.15, 0.2) is 24.3 Å². The smallest absolute Gasteiger partial charge is 0.119 e. The first kappa shape index (κ1) is 14.3. The number of morpholine rings is 1. The van der Waals surface area contributed by atoms with Gasteiger partial charge in [-0.15, -0.1) is 0 Å². The fourth-order valence-corrected chi connectivity index (χ4v) is 2.24. The molecule has 1 aromatic rings. The largest absolute Gasteiger partial charge is 0.491 e. The summed E-state index contributed by atoms with van der Waals surface area (Å²) in [6.45, 7) is 7.52. The van der Waals surface area contributed by atoms with E-state index in [2.05, 4.69) is 11.8 Å². The van der Waals surface area contributed by atoms with Crippen molar-refractivity contribution in [3.05, 3.63) is 29.8 Å². The van der Waals surface area contributed by atoms with Gasteiger partial charge in [0.15, 0.2) is 0 Å². The van der Waals surface area contributed by atoms with Crippen molar-refractivity contribution in [2.45, 2.75) is 26.1 Å². The Bertz CT molecular complexity index is 377. The SMILES string of the molecule is Cc1ccc(OCC2CN(CC(C)O)CCO2)cc1. The Balaban J connectivity index is 1.77. The molecule has 1 aliphatic rings. The lowest BCUT2D eigenvalue weighted by Gasteiger charge is -2.33. The lowest BCUT2D eigenvalue weighted by atomic mass is 10.2. The van der Waals surface area contributed by atoms with Gasteiger partial charge in [0.2, 0.25) is 0 Å². The summed E-state index contributed by atoms with van der Waals surface area (Å²) in [4.78, 5) is 2.22. The van der Waals surface area contributed by atoms with E-state index in [9.17, 15) is 5.11 Å². The Labute approximate surface area is 114 Å². The molecule has 1 heterocycles. The molecule has 0 aromatic heterocycles. The molecule has 1 saturated heterocycles. The number of β-amino-alcohol motifs (C(OH)–C–C–N with tert-alkyl or cyclic N) is 1. The molecule has 4 heteroatoms. The zero-order valence-corrected chi connectivity index (χ0v) is 11.7. The maximum atomic E-state index is 9.41. The van der Waals surface area contributed by atoms with Crippen LogP contribution >= 0.6 is 0 Å². The second kappa shape index (κ2) is 6.89. The predicted octanol–water partition coefficient (Wildman–Crippen LogP) is 1.46. The lowest BCUT2D eigenvalue weighted by Crippen LogP contribution is -2.47. The Morgan fingerprint density at radius 1 is 1.42 bits per heavy atom. The number of rotatable bonds is 5. The van der Waals surface area contributed by atoms with Gasteiger partial charge in [0.1, 0.15) is 18.5 Å². The van der Waals surface area contributed by atoms with Gasteiger partial charge < -0.3 is 14.6 Å². The average Bonchev–Trinajstić information content (AvgIpc) is 2.38. The van der Waals surface area contributed by atoms with Crippen molar-refractivity contribution in [1.82, 2.24) is 4.90 Å². The normalized spacial score (nSPS) is 22.2. The molecule has 0 spiro atoms. The van der Waals surface area contributed by atoms with E-state index in [0.717, 1.165) is 18.8 Å². The number of ether oxygens (including phenoxy) is 2. The number of nitrogens with zero attached hydrogens (tertiary/aromatic N) is 1. The molecule has 2 unspecified atom stereocenters. The highest BCUT2D eigenvalue weighted by Gasteiger charge is 2.21. The van der Waals surface area contributed by atoms with Crippen LogP contribution in [0, 0.1) is 6.92 Å². The molecule has 2 atom stereocenters. The molecule has 1 aliphatic heterocycles. The molecule has 19 heavy (non-hydrogen) atoms. The minimum atomic E-state index is -0.295. The van der Waals surface area contributed by atoms with Gasteiger partial charge in [-0.1, -0.05) is 17.7 Å². The minimum Gasteiger partial charge on any atom is -0.491 e. The van der Waals surface area contributed by atoms with Crippen LogP contribution in [0.1, 0.15) is 12.5 Å². The standard InChI is InChI=1S/C15H23NO3/c1-12-3-5-14(6-4-12)19-11-15-10-16(7-8-18-15)9-13(2)17/h3-6,13,15,17H,7-11H2,1-2H3. The number of aliphatic hydroxyl groups is 1. The molecule has 0 aliphatic carbocycles. The summed E-state index contributed by atoms with van der Waals surface area (Å²) in [6.07, 6.45) is -0.217. The van der Waals surface area contributed by atoms with Crippen molar-refractivity contribution >= 4 is 0 Å². The van der Waals surface area contributed by atoms with Gasteiger partial charge >= 0.3 is 0 Å². The average molecular weight is 265 g/mol. The van der Waals surface area contributed by atoms with Crippen molar-refractivity contribution in [1.29, 1.82) is 0 Å². The van der Waals surface area contributed by atoms with Crippen LogP contribution in [-0.2, 0) is 4.74 Å². The summed E-state index contributed by atoms with van der Waals surface area (Å²) >= 11 is 0. The Morgan fingerprint density at radius 2 is 2.16 bits per heavy atom. The molecule has 4 nitrogen and oxygen atoms in total. The van der Waals surface area contributed by atoms with Gasteiger partial charge in [0.05, 0.1) is 12.7 Å². The Kier molecular flexibility index (Phi) is 5.19. The summed E-state index contributed by atoms with van der Waals surface area (Å²) in [7, 11) is 0. The first-order valence-electron chi connectivity index (χ1n) is 6.85. The summed E-state index contributed by atoms with van der Waals surface area (Å²) in [5, 5.41) is 9.41. The maximum absolute atomic E-state index is 9.41. The van der Waals surface area contributed by atoms with Crippen molar-refractivity contribution in [3.8, 4) is 5.75 Å². The molecule has 0 amide bonds. The van der Waals surface area contributed by atoms with Gasteiger partial charge in [-0.25, -0.2) is 0 Å². The Morgan fingerprint density at radius 3 is 2.84 bits per heavy atom. The maximum Gasteiger partial charge on any atom is 0.119 e. The Hall–Kier alpha value is -1.10. The van der Waals surface area contributed by atoms with E-state index in [4.69, 9.17) is 9.47 Å². The second-order valence-corrected chi connectivity index (χ2v) is 5.23. The van der Waals surface area contributed by atoms with Crippen LogP contribution in [0.4, 0.5) is 0 Å². The van der Waals surface area contributed by atoms with E-state index >= 15 is 0 Å². The highest BCUT2D eigenvalue weighted by molar-refractivity contribution is 5.26. The summed E-state index contributed by atoms with van der Waals surface area (Å²) in [5.74, 6) is 0.877. The van der Waals surface area contributed by atoms with Crippen molar-refractivity contribution in [2.75, 3.05) is 32.8 Å². The molecule has 106 valence electrons. The first-order chi connectivity index (χ1) is 9.13. The van der Waals surface area contributed by atoms with Crippen molar-refractivity contribution in [3.63, 3.8) is 0 Å². The summed E-state index contributed by atoms with van der Waals surface area (Å²) in [6, 6.07) is 8.03. The van der Waals surface area contributed by atoms with Crippen LogP contribution in [0.3, 0.4) is 0 Å². The highest BCUT2D eigenvalue weighted by Crippen LogP contribution is 2.13. The molecule has 1 N–H and O–H groups in total. The molecule has 0 saturated carbocycles. The van der Waals surface area contributed by atoms with Crippen LogP contribution in [0.2, 0.25) is 0 Å². The van der Waals surface area contributed by atoms with E-state index in [0.29, 0.717) is 19.8 Å². The van der Waals surface area contributed by atoms with Gasteiger partial charge in [-0.3, -0.25) is 4.90 Å². The number of benzene rings is 1. The highest BCUT2D eigenvalue weighted by atomic mass is 16.5. The third kappa shape index (κ3) is 4.82. The third-order valence-electron chi connectivity index (χ3n) is 3.20. The van der Waals surface area contributed by atoms with E-state index in [1.807, 2.05) is 31.2 Å². The first-order valence-corrected chi connectivity index (χ1v) is 6.85. The zero-order valence-electron chi connectivity index (χ0n) is 11.7. The molecular weight excluding hydrogens is 242 g/mol. The molecular formula is C15H23NO3. The zero-order chi connectivity index (χ0) is 13.7. The van der Waals surface area contributed by atoms with E-state index in [1.165, 1.54) is 5.56 Å². The molecule has 0 bridgehead atoms. The second-order valence-electron chi connectivity index (χ2n) is 5.23. The van der Waals surface area contributed by atoms with Crippen molar-refractivity contribution < 1.29 is 14.6 Å². The third-order valence-corrected chi connectivity index (χ3v) is 3.20. The number of hydrogen-bond donors (Lipinski definition) is 1. The lowest BCUT2D eigenvalue weighted by molar-refractivity contribution is -0.0560. The molecule has 2 rings (SSSR count). The van der Waals surface area contributed by atoms with Gasteiger partial charge in [0.25, 0.3) is 0 Å². The van der Waals surface area contributed by atoms with Crippen molar-refractivity contribution in [2.24, 2.45) is 0 Å². The number of aliphatic hydroxyl groups excluding tert-OH is 1. The topological polar surface area (TPSA) is 41.9 Å². The summed E-state index contributed by atoms with van der Waals surface area (Å²) in [5.41, 5.74) is 1.23. The molecule has 1 fully saturated rings. The van der Waals surface area contributed by atoms with Crippen LogP contribution in [0.25, 0.3) is 0 Å². The minimum absolute atomic E-state index is 0.0776. The fraction of sp³-hybridized carbons (Fsp3) is 0.600. The van der Waals surface area contributed by atoms with E-state index in [1.54, 1.807) is 0 Å². The number of aryl methyl sites for hydroxylation is 1. The molecule has 0 radical (unpaired) electrons. The predicted molar refractivity (Wildman–Crippen MR) is 74.5 cm³/mol.